The highest BCUT2D eigenvalue weighted by atomic mass is 16.6. The second-order valence-electron chi connectivity index (χ2n) is 12.6. The second kappa shape index (κ2) is 8.59. The molecule has 4 aliphatic rings. The summed E-state index contributed by atoms with van der Waals surface area (Å²) in [4.78, 5) is 38.9. The molecule has 1 aromatic carbocycles. The number of esters is 2. The quantitative estimate of drug-likeness (QED) is 0.303. The molecule has 0 saturated heterocycles. The Kier molecular flexibility index (Phi) is 6.11. The van der Waals surface area contributed by atoms with E-state index in [4.69, 9.17) is 9.47 Å². The number of hydrogen-bond donors (Lipinski definition) is 3. The van der Waals surface area contributed by atoms with Crippen molar-refractivity contribution < 1.29 is 39.2 Å². The second-order valence-corrected chi connectivity index (χ2v) is 12.6. The molecule has 0 amide bonds. The van der Waals surface area contributed by atoms with Crippen molar-refractivity contribution in [3.63, 3.8) is 0 Å². The summed E-state index contributed by atoms with van der Waals surface area (Å²) in [6.45, 7) is 12.6. The maximum atomic E-state index is 13.5. The van der Waals surface area contributed by atoms with Gasteiger partial charge >= 0.3 is 11.9 Å². The normalized spacial score (nSPS) is 44.2. The first-order chi connectivity index (χ1) is 18.1. The number of aliphatic hydroxyl groups excluding tert-OH is 2. The summed E-state index contributed by atoms with van der Waals surface area (Å²) in [7, 11) is 0. The van der Waals surface area contributed by atoms with Crippen LogP contribution in [0.2, 0.25) is 0 Å². The molecule has 210 valence electrons. The van der Waals surface area contributed by atoms with Crippen LogP contribution in [0.1, 0.15) is 59.4 Å². The van der Waals surface area contributed by atoms with Gasteiger partial charge in [0, 0.05) is 47.0 Å². The summed E-state index contributed by atoms with van der Waals surface area (Å²) < 4.78 is 11.7. The van der Waals surface area contributed by atoms with E-state index in [1.807, 2.05) is 30.3 Å². The van der Waals surface area contributed by atoms with Crippen LogP contribution >= 0.6 is 0 Å². The first kappa shape index (κ1) is 27.7. The zero-order valence-corrected chi connectivity index (χ0v) is 23.1. The van der Waals surface area contributed by atoms with Gasteiger partial charge in [-0.2, -0.15) is 0 Å². The Balaban J connectivity index is 1.66. The summed E-state index contributed by atoms with van der Waals surface area (Å²) in [5.74, 6) is -2.35. The maximum absolute atomic E-state index is 13.5. The number of rotatable bonds is 4. The van der Waals surface area contributed by atoms with Crippen molar-refractivity contribution >= 4 is 23.8 Å². The average Bonchev–Trinajstić information content (AvgIpc) is 3.09. The van der Waals surface area contributed by atoms with Gasteiger partial charge in [-0.05, 0) is 30.1 Å². The predicted octanol–water partition coefficient (Wildman–Crippen LogP) is 2.99. The van der Waals surface area contributed by atoms with Crippen molar-refractivity contribution in [2.24, 2.45) is 27.6 Å². The third-order valence-corrected chi connectivity index (χ3v) is 11.1. The predicted molar refractivity (Wildman–Crippen MR) is 142 cm³/mol. The Labute approximate surface area is 228 Å². The molecule has 0 aliphatic heterocycles. The molecule has 4 fully saturated rings. The molecule has 0 heterocycles. The van der Waals surface area contributed by atoms with Gasteiger partial charge in [-0.15, -0.1) is 0 Å². The first-order valence-electron chi connectivity index (χ1n) is 13.6. The van der Waals surface area contributed by atoms with Gasteiger partial charge in [0.25, 0.3) is 0 Å². The van der Waals surface area contributed by atoms with Gasteiger partial charge in [-0.1, -0.05) is 64.6 Å². The van der Waals surface area contributed by atoms with Crippen LogP contribution in [0.25, 0.3) is 6.08 Å². The van der Waals surface area contributed by atoms with Crippen molar-refractivity contribution in [1.29, 1.82) is 0 Å². The topological polar surface area (TPSA) is 130 Å². The molecule has 9 atom stereocenters. The molecule has 8 heteroatoms. The van der Waals surface area contributed by atoms with Crippen LogP contribution in [0, 0.1) is 27.6 Å². The summed E-state index contributed by atoms with van der Waals surface area (Å²) in [6, 6.07) is 9.28. The molecular formula is C31H38O8. The van der Waals surface area contributed by atoms with Crippen LogP contribution < -0.4 is 0 Å². The fourth-order valence-corrected chi connectivity index (χ4v) is 9.46. The number of carbonyl (C=O) groups is 3. The SMILES string of the molecule is C=C1[C@@H](OC(=O)/C=C/c2ccccc2)CC[C@@]2(C)[C@@H](O)[C@H](OC(C)=O)C34[C@H](C)C(=O)C[C@@](O)([C@@H](O)C132)C4(C)C. The number of hydrogen-bond acceptors (Lipinski definition) is 8. The highest BCUT2D eigenvalue weighted by molar-refractivity contribution is 5.88. The van der Waals surface area contributed by atoms with E-state index < -0.39 is 69.5 Å². The summed E-state index contributed by atoms with van der Waals surface area (Å²) in [6.07, 6.45) is -1.62. The lowest BCUT2D eigenvalue weighted by atomic mass is 9.42. The Hall–Kier alpha value is -2.81. The Bertz CT molecular complexity index is 1270. The van der Waals surface area contributed by atoms with Gasteiger partial charge < -0.3 is 24.8 Å². The molecule has 1 aromatic rings. The summed E-state index contributed by atoms with van der Waals surface area (Å²) in [5.41, 5.74) is -6.02. The molecule has 39 heavy (non-hydrogen) atoms. The number of ketones is 1. The highest BCUT2D eigenvalue weighted by Crippen LogP contribution is 2.86. The van der Waals surface area contributed by atoms with Gasteiger partial charge in [0.05, 0.1) is 12.2 Å². The maximum Gasteiger partial charge on any atom is 0.331 e. The minimum absolute atomic E-state index is 0.275. The molecule has 4 aliphatic carbocycles. The van der Waals surface area contributed by atoms with E-state index >= 15 is 0 Å². The number of carbonyl (C=O) groups excluding carboxylic acids is 3. The van der Waals surface area contributed by atoms with Crippen LogP contribution in [0.5, 0.6) is 0 Å². The minimum atomic E-state index is -1.89. The van der Waals surface area contributed by atoms with Gasteiger partial charge in [0.15, 0.2) is 0 Å². The van der Waals surface area contributed by atoms with Crippen LogP contribution in [-0.2, 0) is 23.9 Å². The molecule has 2 unspecified atom stereocenters. The molecule has 4 saturated carbocycles. The van der Waals surface area contributed by atoms with Gasteiger partial charge in [-0.25, -0.2) is 4.79 Å². The van der Waals surface area contributed by atoms with Crippen molar-refractivity contribution in [3.8, 4) is 0 Å². The summed E-state index contributed by atoms with van der Waals surface area (Å²) in [5, 5.41) is 36.2. The number of Topliss-reactive ketones (excluding diaryl/α,β-unsaturated/α-hetero) is 1. The average molecular weight is 539 g/mol. The van der Waals surface area contributed by atoms with Crippen LogP contribution in [0.4, 0.5) is 0 Å². The Morgan fingerprint density at radius 1 is 1.10 bits per heavy atom. The van der Waals surface area contributed by atoms with Crippen molar-refractivity contribution in [3.05, 3.63) is 54.1 Å². The van der Waals surface area contributed by atoms with Gasteiger partial charge in [0.2, 0.25) is 0 Å². The molecule has 0 aromatic heterocycles. The van der Waals surface area contributed by atoms with Crippen LogP contribution in [-0.4, -0.2) is 63.1 Å². The minimum Gasteiger partial charge on any atom is -0.459 e. The fourth-order valence-electron chi connectivity index (χ4n) is 9.46. The first-order valence-corrected chi connectivity index (χ1v) is 13.6. The largest absolute Gasteiger partial charge is 0.459 e. The van der Waals surface area contributed by atoms with Crippen LogP contribution in [0.3, 0.4) is 0 Å². The van der Waals surface area contributed by atoms with Crippen molar-refractivity contribution in [2.75, 3.05) is 0 Å². The zero-order chi connectivity index (χ0) is 28.8. The number of fused-ring (bicyclic) bond motifs is 1. The van der Waals surface area contributed by atoms with E-state index in [2.05, 4.69) is 6.58 Å². The molecule has 2 bridgehead atoms. The van der Waals surface area contributed by atoms with Crippen LogP contribution in [0.15, 0.2) is 48.6 Å². The van der Waals surface area contributed by atoms with E-state index in [1.165, 1.54) is 13.0 Å². The highest BCUT2D eigenvalue weighted by Gasteiger charge is 2.94. The number of benzene rings is 1. The monoisotopic (exact) mass is 538 g/mol. The lowest BCUT2D eigenvalue weighted by molar-refractivity contribution is -0.213. The number of aliphatic hydroxyl groups is 3. The molecule has 5 rings (SSSR count). The summed E-state index contributed by atoms with van der Waals surface area (Å²) >= 11 is 0. The molecule has 3 N–H and O–H groups in total. The molecule has 2 spiro atoms. The molecular weight excluding hydrogens is 500 g/mol. The number of ether oxygens (including phenoxy) is 2. The Morgan fingerprint density at radius 2 is 1.74 bits per heavy atom. The fraction of sp³-hybridized carbons (Fsp3) is 0.581. The van der Waals surface area contributed by atoms with E-state index in [1.54, 1.807) is 33.8 Å². The molecule has 0 radical (unpaired) electrons. The third-order valence-electron chi connectivity index (χ3n) is 11.1. The third kappa shape index (κ3) is 3.03. The lowest BCUT2D eigenvalue weighted by Gasteiger charge is -2.60. The van der Waals surface area contributed by atoms with Gasteiger partial charge in [0.1, 0.15) is 23.6 Å². The van der Waals surface area contributed by atoms with E-state index in [9.17, 15) is 29.7 Å². The lowest BCUT2D eigenvalue weighted by Crippen LogP contribution is -2.65. The Morgan fingerprint density at radius 3 is 2.36 bits per heavy atom. The van der Waals surface area contributed by atoms with Gasteiger partial charge in [-0.3, -0.25) is 9.59 Å². The molecule has 8 nitrogen and oxygen atoms in total. The van der Waals surface area contributed by atoms with Crippen molar-refractivity contribution in [2.45, 2.75) is 83.9 Å². The van der Waals surface area contributed by atoms with E-state index in [0.29, 0.717) is 12.0 Å². The zero-order valence-electron chi connectivity index (χ0n) is 23.1. The van der Waals surface area contributed by atoms with E-state index in [-0.39, 0.29) is 18.6 Å². The van der Waals surface area contributed by atoms with Crippen molar-refractivity contribution in [1.82, 2.24) is 0 Å². The van der Waals surface area contributed by atoms with E-state index in [0.717, 1.165) is 5.56 Å². The smallest absolute Gasteiger partial charge is 0.331 e. The standard InChI is InChI=1S/C31H38O8/c1-17-21(33)16-29(37)26(36)31-18(2)22(39-23(34)13-12-20-10-8-7-9-11-20)14-15-28(31,6)24(35)25(38-19(3)32)30(17,31)27(29,4)5/h7-13,17,22,24-26,35-37H,2,14-16H2,1,3-6H3/b13-12+/t17-,22+,24+,25+,26-,28+,29-,30?,31?/m1/s1.